The number of pyridine rings is 1. The first kappa shape index (κ1) is 19.4. The number of carbonyl (C=O) groups excluding carboxylic acids is 2. The molecule has 1 aromatic carbocycles. The summed E-state index contributed by atoms with van der Waals surface area (Å²) in [4.78, 5) is 34.6. The molecule has 2 aliphatic heterocycles. The lowest BCUT2D eigenvalue weighted by Gasteiger charge is -2.44. The van der Waals surface area contributed by atoms with E-state index in [1.165, 1.54) is 0 Å². The Morgan fingerprint density at radius 1 is 1.07 bits per heavy atom. The van der Waals surface area contributed by atoms with Gasteiger partial charge in [0, 0.05) is 25.7 Å². The summed E-state index contributed by atoms with van der Waals surface area (Å²) >= 11 is 0. The second kappa shape index (κ2) is 8.23. The van der Waals surface area contributed by atoms with Crippen molar-refractivity contribution in [2.24, 2.45) is 0 Å². The van der Waals surface area contributed by atoms with Crippen molar-refractivity contribution >= 4 is 11.8 Å². The minimum absolute atomic E-state index is 0.0450. The van der Waals surface area contributed by atoms with Crippen molar-refractivity contribution < 1.29 is 14.7 Å². The molecule has 1 unspecified atom stereocenters. The summed E-state index contributed by atoms with van der Waals surface area (Å²) in [6.45, 7) is 1.86. The van der Waals surface area contributed by atoms with E-state index < -0.39 is 5.54 Å². The van der Waals surface area contributed by atoms with Gasteiger partial charge in [0.2, 0.25) is 11.8 Å². The molecule has 0 radical (unpaired) electrons. The fourth-order valence-corrected chi connectivity index (χ4v) is 4.68. The summed E-state index contributed by atoms with van der Waals surface area (Å²) in [5.74, 6) is 0.341. The van der Waals surface area contributed by atoms with Gasteiger partial charge in [-0.3, -0.25) is 14.6 Å². The molecule has 0 saturated carbocycles. The predicted molar refractivity (Wildman–Crippen MR) is 109 cm³/mol. The van der Waals surface area contributed by atoms with Crippen LogP contribution in [0.2, 0.25) is 0 Å². The molecule has 1 N–H and O–H groups in total. The quantitative estimate of drug-likeness (QED) is 0.848. The van der Waals surface area contributed by atoms with Gasteiger partial charge in [-0.05, 0) is 61.9 Å². The summed E-state index contributed by atoms with van der Waals surface area (Å²) in [5, 5.41) is 9.41. The molecule has 2 fully saturated rings. The first-order valence-corrected chi connectivity index (χ1v) is 10.4. The van der Waals surface area contributed by atoms with Crippen LogP contribution >= 0.6 is 0 Å². The maximum Gasteiger partial charge on any atom is 0.248 e. The van der Waals surface area contributed by atoms with Crippen molar-refractivity contribution in [2.45, 2.75) is 50.6 Å². The van der Waals surface area contributed by atoms with Crippen LogP contribution in [-0.4, -0.2) is 50.3 Å². The van der Waals surface area contributed by atoms with E-state index in [0.29, 0.717) is 32.5 Å². The van der Waals surface area contributed by atoms with Crippen LogP contribution in [0.25, 0.3) is 0 Å². The zero-order chi connectivity index (χ0) is 20.3. The molecule has 4 rings (SSSR count). The number of phenolic OH excluding ortho intramolecular Hbond substituents is 1. The SMILES string of the molecule is O=C(CCc1ccc(O)cc1)N1CCCC12CCCN(Cc1ccccn1)C2=O. The van der Waals surface area contributed by atoms with E-state index in [-0.39, 0.29) is 17.6 Å². The maximum atomic E-state index is 13.5. The molecule has 0 aliphatic carbocycles. The van der Waals surface area contributed by atoms with Crippen molar-refractivity contribution in [3.05, 3.63) is 59.9 Å². The third-order valence-corrected chi connectivity index (χ3v) is 6.14. The minimum atomic E-state index is -0.681. The molecule has 2 saturated heterocycles. The normalized spacial score (nSPS) is 21.7. The highest BCUT2D eigenvalue weighted by atomic mass is 16.3. The number of hydrogen-bond donors (Lipinski definition) is 1. The first-order valence-electron chi connectivity index (χ1n) is 10.4. The Bertz CT molecular complexity index is 869. The van der Waals surface area contributed by atoms with Gasteiger partial charge in [-0.2, -0.15) is 0 Å². The average Bonchev–Trinajstić information content (AvgIpc) is 3.16. The smallest absolute Gasteiger partial charge is 0.248 e. The number of amides is 2. The Hall–Kier alpha value is -2.89. The zero-order valence-corrected chi connectivity index (χ0v) is 16.6. The molecule has 1 aromatic heterocycles. The molecule has 6 nitrogen and oxygen atoms in total. The zero-order valence-electron chi connectivity index (χ0n) is 16.6. The van der Waals surface area contributed by atoms with Crippen molar-refractivity contribution in [3.8, 4) is 5.75 Å². The summed E-state index contributed by atoms with van der Waals surface area (Å²) in [7, 11) is 0. The Labute approximate surface area is 171 Å². The lowest BCUT2D eigenvalue weighted by atomic mass is 9.85. The van der Waals surface area contributed by atoms with E-state index in [9.17, 15) is 14.7 Å². The van der Waals surface area contributed by atoms with E-state index in [1.54, 1.807) is 18.3 Å². The van der Waals surface area contributed by atoms with Crippen LogP contribution in [0.4, 0.5) is 0 Å². The van der Waals surface area contributed by atoms with Crippen molar-refractivity contribution in [1.29, 1.82) is 0 Å². The molecule has 1 spiro atoms. The number of aryl methyl sites for hydroxylation is 1. The topological polar surface area (TPSA) is 73.7 Å². The van der Waals surface area contributed by atoms with E-state index in [1.807, 2.05) is 40.1 Å². The van der Waals surface area contributed by atoms with Crippen LogP contribution in [-0.2, 0) is 22.6 Å². The number of likely N-dealkylation sites (tertiary alicyclic amines) is 2. The molecule has 2 aliphatic rings. The highest BCUT2D eigenvalue weighted by molar-refractivity contribution is 5.92. The number of benzene rings is 1. The third-order valence-electron chi connectivity index (χ3n) is 6.14. The van der Waals surface area contributed by atoms with E-state index in [2.05, 4.69) is 4.98 Å². The van der Waals surface area contributed by atoms with Crippen LogP contribution in [0.3, 0.4) is 0 Å². The highest BCUT2D eigenvalue weighted by Crippen LogP contribution is 2.39. The first-order chi connectivity index (χ1) is 14.1. The van der Waals surface area contributed by atoms with Crippen molar-refractivity contribution in [1.82, 2.24) is 14.8 Å². The van der Waals surface area contributed by atoms with Gasteiger partial charge in [0.1, 0.15) is 11.3 Å². The van der Waals surface area contributed by atoms with Gasteiger partial charge < -0.3 is 14.9 Å². The number of hydrogen-bond acceptors (Lipinski definition) is 4. The van der Waals surface area contributed by atoms with Gasteiger partial charge in [0.05, 0.1) is 12.2 Å². The van der Waals surface area contributed by atoms with Crippen LogP contribution in [0.1, 0.15) is 43.4 Å². The molecule has 2 amide bonds. The Kier molecular flexibility index (Phi) is 5.51. The molecule has 29 heavy (non-hydrogen) atoms. The Morgan fingerprint density at radius 3 is 2.55 bits per heavy atom. The lowest BCUT2D eigenvalue weighted by molar-refractivity contribution is -0.155. The molecule has 3 heterocycles. The van der Waals surface area contributed by atoms with Crippen LogP contribution in [0, 0.1) is 0 Å². The van der Waals surface area contributed by atoms with Gasteiger partial charge in [0.25, 0.3) is 0 Å². The molecular weight excluding hydrogens is 366 g/mol. The van der Waals surface area contributed by atoms with Gasteiger partial charge in [-0.25, -0.2) is 0 Å². The number of aromatic nitrogens is 1. The number of carbonyl (C=O) groups is 2. The Balaban J connectivity index is 1.45. The lowest BCUT2D eigenvalue weighted by Crippen LogP contribution is -2.61. The molecule has 2 aromatic rings. The molecule has 152 valence electrons. The summed E-state index contributed by atoms with van der Waals surface area (Å²) in [6.07, 6.45) is 5.99. The van der Waals surface area contributed by atoms with E-state index in [0.717, 1.165) is 36.9 Å². The van der Waals surface area contributed by atoms with E-state index >= 15 is 0 Å². The van der Waals surface area contributed by atoms with Gasteiger partial charge in [0.15, 0.2) is 0 Å². The second-order valence-corrected chi connectivity index (χ2v) is 8.00. The third kappa shape index (κ3) is 3.97. The predicted octanol–water partition coefficient (Wildman–Crippen LogP) is 2.90. The highest BCUT2D eigenvalue weighted by Gasteiger charge is 2.52. The molecule has 6 heteroatoms. The summed E-state index contributed by atoms with van der Waals surface area (Å²) < 4.78 is 0. The molecular formula is C23H27N3O3. The number of nitrogens with zero attached hydrogens (tertiary/aromatic N) is 3. The monoisotopic (exact) mass is 393 g/mol. The maximum absolute atomic E-state index is 13.5. The summed E-state index contributed by atoms with van der Waals surface area (Å²) in [6, 6.07) is 12.7. The minimum Gasteiger partial charge on any atom is -0.508 e. The van der Waals surface area contributed by atoms with Crippen LogP contribution in [0.5, 0.6) is 5.75 Å². The van der Waals surface area contributed by atoms with Crippen LogP contribution < -0.4 is 0 Å². The van der Waals surface area contributed by atoms with Gasteiger partial charge in [-0.1, -0.05) is 18.2 Å². The van der Waals surface area contributed by atoms with Gasteiger partial charge in [-0.15, -0.1) is 0 Å². The van der Waals surface area contributed by atoms with Crippen LogP contribution in [0.15, 0.2) is 48.7 Å². The number of rotatable bonds is 5. The number of piperidine rings is 1. The molecule has 1 atom stereocenters. The average molecular weight is 393 g/mol. The van der Waals surface area contributed by atoms with Gasteiger partial charge >= 0.3 is 0 Å². The van der Waals surface area contributed by atoms with E-state index in [4.69, 9.17) is 0 Å². The second-order valence-electron chi connectivity index (χ2n) is 8.00. The largest absolute Gasteiger partial charge is 0.508 e. The molecule has 0 bridgehead atoms. The number of phenols is 1. The standard InChI is InChI=1S/C23H27N3O3/c27-20-9-6-18(7-10-20)8-11-21(28)26-16-4-13-23(26)12-3-15-25(22(23)29)17-19-5-1-2-14-24-19/h1-2,5-7,9-10,14,27H,3-4,8,11-13,15-17H2. The summed E-state index contributed by atoms with van der Waals surface area (Å²) in [5.41, 5.74) is 1.20. The van der Waals surface area contributed by atoms with Crippen molar-refractivity contribution in [3.63, 3.8) is 0 Å². The number of aromatic hydroxyl groups is 1. The van der Waals surface area contributed by atoms with Crippen molar-refractivity contribution in [2.75, 3.05) is 13.1 Å². The fraction of sp³-hybridized carbons (Fsp3) is 0.435. The Morgan fingerprint density at radius 2 is 1.83 bits per heavy atom. The fourth-order valence-electron chi connectivity index (χ4n) is 4.68.